The number of hydrogen-bond acceptors (Lipinski definition) is 1. The summed E-state index contributed by atoms with van der Waals surface area (Å²) in [5.74, 6) is 0. The maximum absolute atomic E-state index is 8.03. The first-order valence-corrected chi connectivity index (χ1v) is 19.7. The Morgan fingerprint density at radius 2 is 0.903 bits per heavy atom. The predicted octanol–water partition coefficient (Wildman–Crippen LogP) is 10.8. The molecule has 0 saturated carbocycles. The lowest BCUT2D eigenvalue weighted by Crippen LogP contribution is -2.58. The first-order valence-electron chi connectivity index (χ1n) is 14.8. The largest absolute Gasteiger partial charge is 0.454 e. The van der Waals surface area contributed by atoms with Gasteiger partial charge in [-0.05, 0) is 41.7 Å². The van der Waals surface area contributed by atoms with Crippen LogP contribution < -0.4 is 0 Å². The molecule has 0 aliphatic carbocycles. The molecule has 2 rings (SSSR count). The zero-order valence-electron chi connectivity index (χ0n) is 22.2. The fourth-order valence-corrected chi connectivity index (χ4v) is 20.8. The molecule has 0 N–H and O–H groups in total. The van der Waals surface area contributed by atoms with E-state index >= 15 is 0 Å². The SMILES string of the molecule is CCC1(CC)CCCCCCCCC[Si]12CCCCCCCCCC[Si](CC)(CC)O2. The van der Waals surface area contributed by atoms with Gasteiger partial charge in [-0.1, -0.05) is 137 Å². The summed E-state index contributed by atoms with van der Waals surface area (Å²) in [7, 11) is -3.44. The molecule has 3 heteroatoms. The van der Waals surface area contributed by atoms with Crippen LogP contribution in [-0.4, -0.2) is 16.6 Å². The first-order chi connectivity index (χ1) is 15.1. The molecule has 2 aliphatic rings. The Balaban J connectivity index is 2.45. The van der Waals surface area contributed by atoms with Gasteiger partial charge < -0.3 is 4.12 Å². The monoisotopic (exact) mass is 466 g/mol. The summed E-state index contributed by atoms with van der Waals surface area (Å²) in [6, 6.07) is 7.16. The highest BCUT2D eigenvalue weighted by Gasteiger charge is 2.54. The van der Waals surface area contributed by atoms with Gasteiger partial charge in [0.1, 0.15) is 0 Å². The normalized spacial score (nSPS) is 29.8. The summed E-state index contributed by atoms with van der Waals surface area (Å²) < 4.78 is 8.03. The number of rotatable bonds is 4. The van der Waals surface area contributed by atoms with E-state index in [9.17, 15) is 0 Å². The number of hydrogen-bond donors (Lipinski definition) is 0. The molecule has 1 atom stereocenters. The van der Waals surface area contributed by atoms with E-state index in [1.807, 2.05) is 0 Å². The van der Waals surface area contributed by atoms with E-state index in [1.165, 1.54) is 146 Å². The summed E-state index contributed by atoms with van der Waals surface area (Å²) in [4.78, 5) is 0. The van der Waals surface area contributed by atoms with E-state index in [0.29, 0.717) is 5.04 Å². The van der Waals surface area contributed by atoms with Gasteiger partial charge in [-0.25, -0.2) is 0 Å². The summed E-state index contributed by atoms with van der Waals surface area (Å²) in [5.41, 5.74) is 0. The molecule has 2 saturated heterocycles. The average Bonchev–Trinajstić information content (AvgIpc) is 2.82. The fraction of sp³-hybridized carbons (Fsp3) is 1.00. The minimum Gasteiger partial charge on any atom is -0.454 e. The van der Waals surface area contributed by atoms with E-state index in [0.717, 1.165) is 0 Å². The van der Waals surface area contributed by atoms with Gasteiger partial charge in [0.25, 0.3) is 0 Å². The van der Waals surface area contributed by atoms with E-state index in [-0.39, 0.29) is 0 Å². The minimum absolute atomic E-state index is 0.542. The zero-order valence-corrected chi connectivity index (χ0v) is 24.2. The van der Waals surface area contributed by atoms with Crippen LogP contribution in [0.1, 0.15) is 143 Å². The lowest BCUT2D eigenvalue weighted by molar-refractivity contribution is 0.354. The summed E-state index contributed by atoms with van der Waals surface area (Å²) >= 11 is 0. The van der Waals surface area contributed by atoms with Crippen LogP contribution in [0.5, 0.6) is 0 Å². The summed E-state index contributed by atoms with van der Waals surface area (Å²) in [6.45, 7) is 10.1. The van der Waals surface area contributed by atoms with Crippen molar-refractivity contribution >= 4 is 16.6 Å². The quantitative estimate of drug-likeness (QED) is 0.374. The Morgan fingerprint density at radius 3 is 1.32 bits per heavy atom. The van der Waals surface area contributed by atoms with Crippen molar-refractivity contribution in [2.75, 3.05) is 0 Å². The van der Waals surface area contributed by atoms with E-state index < -0.39 is 16.6 Å². The van der Waals surface area contributed by atoms with E-state index in [4.69, 9.17) is 4.12 Å². The van der Waals surface area contributed by atoms with E-state index in [1.54, 1.807) is 0 Å². The van der Waals surface area contributed by atoms with Crippen molar-refractivity contribution in [1.82, 2.24) is 0 Å². The lowest BCUT2D eigenvalue weighted by atomic mass is 9.94. The van der Waals surface area contributed by atoms with Crippen LogP contribution in [-0.2, 0) is 4.12 Å². The standard InChI is InChI=1S/C28H58OSi2/c1-5-28(6-2)24-20-16-12-11-15-19-23-27-31(28)26-22-18-14-10-9-13-17-21-25-30(7-3,8-4)29-31/h5-27H2,1-4H3. The second-order valence-electron chi connectivity index (χ2n) is 11.3. The molecule has 0 amide bonds. The fourth-order valence-electron chi connectivity index (χ4n) is 7.23. The summed E-state index contributed by atoms with van der Waals surface area (Å²) in [5, 5.41) is 0.542. The highest BCUT2D eigenvalue weighted by atomic mass is 28.4. The molecule has 0 aromatic rings. The average molecular weight is 467 g/mol. The molecule has 1 spiro atoms. The molecule has 1 nitrogen and oxygen atoms in total. The maximum Gasteiger partial charge on any atom is 0.185 e. The molecule has 0 radical (unpaired) electrons. The van der Waals surface area contributed by atoms with Crippen molar-refractivity contribution in [3.05, 3.63) is 0 Å². The third-order valence-electron chi connectivity index (χ3n) is 9.72. The smallest absolute Gasteiger partial charge is 0.185 e. The molecule has 0 aromatic heterocycles. The van der Waals surface area contributed by atoms with Crippen LogP contribution in [0.25, 0.3) is 0 Å². The Morgan fingerprint density at radius 1 is 0.516 bits per heavy atom. The molecular formula is C28H58OSi2. The molecular weight excluding hydrogens is 408 g/mol. The van der Waals surface area contributed by atoms with Gasteiger partial charge in [0.15, 0.2) is 16.6 Å². The van der Waals surface area contributed by atoms with Crippen LogP contribution in [0.15, 0.2) is 0 Å². The third-order valence-corrected chi connectivity index (χ3v) is 22.1. The highest BCUT2D eigenvalue weighted by Crippen LogP contribution is 2.56. The van der Waals surface area contributed by atoms with Crippen molar-refractivity contribution in [3.8, 4) is 0 Å². The molecule has 2 aliphatic heterocycles. The van der Waals surface area contributed by atoms with Crippen molar-refractivity contribution < 1.29 is 4.12 Å². The molecule has 2 heterocycles. The Bertz CT molecular complexity index is 458. The van der Waals surface area contributed by atoms with Gasteiger partial charge >= 0.3 is 0 Å². The van der Waals surface area contributed by atoms with E-state index in [2.05, 4.69) is 27.7 Å². The van der Waals surface area contributed by atoms with Crippen molar-refractivity contribution in [3.63, 3.8) is 0 Å². The van der Waals surface area contributed by atoms with Gasteiger partial charge in [-0.15, -0.1) is 0 Å². The highest BCUT2D eigenvalue weighted by molar-refractivity contribution is 6.88. The Hall–Kier alpha value is 0.394. The Kier molecular flexibility index (Phi) is 13.0. The summed E-state index contributed by atoms with van der Waals surface area (Å²) in [6.07, 6.45) is 26.3. The second kappa shape index (κ2) is 14.6. The van der Waals surface area contributed by atoms with Crippen molar-refractivity contribution in [2.45, 2.75) is 179 Å². The van der Waals surface area contributed by atoms with Crippen molar-refractivity contribution in [1.29, 1.82) is 0 Å². The van der Waals surface area contributed by atoms with Crippen LogP contribution >= 0.6 is 0 Å². The van der Waals surface area contributed by atoms with Crippen molar-refractivity contribution in [2.24, 2.45) is 0 Å². The van der Waals surface area contributed by atoms with Crippen LogP contribution in [0.3, 0.4) is 0 Å². The second-order valence-corrected chi connectivity index (χ2v) is 20.4. The lowest BCUT2D eigenvalue weighted by Gasteiger charge is -2.53. The molecule has 31 heavy (non-hydrogen) atoms. The Labute approximate surface area is 199 Å². The van der Waals surface area contributed by atoms with Gasteiger partial charge in [0.2, 0.25) is 0 Å². The topological polar surface area (TPSA) is 9.23 Å². The molecule has 184 valence electrons. The first kappa shape index (κ1) is 27.6. The minimum atomic E-state index is -1.82. The molecule has 2 fully saturated rings. The van der Waals surface area contributed by atoms with Gasteiger partial charge in [0.05, 0.1) is 0 Å². The van der Waals surface area contributed by atoms with Crippen LogP contribution in [0.2, 0.25) is 35.3 Å². The maximum atomic E-state index is 8.03. The van der Waals surface area contributed by atoms with Gasteiger partial charge in [0, 0.05) is 0 Å². The predicted molar refractivity (Wildman–Crippen MR) is 145 cm³/mol. The molecule has 0 bridgehead atoms. The molecule has 0 aromatic carbocycles. The van der Waals surface area contributed by atoms with Gasteiger partial charge in [-0.3, -0.25) is 0 Å². The third kappa shape index (κ3) is 7.70. The zero-order chi connectivity index (χ0) is 22.5. The van der Waals surface area contributed by atoms with Crippen LogP contribution in [0.4, 0.5) is 0 Å². The van der Waals surface area contributed by atoms with Gasteiger partial charge in [-0.2, -0.15) is 0 Å². The molecule has 1 unspecified atom stereocenters. The van der Waals surface area contributed by atoms with Crippen LogP contribution in [0, 0.1) is 0 Å².